The largest absolute Gasteiger partial charge is 0.497 e. The van der Waals surface area contributed by atoms with Crippen molar-refractivity contribution in [3.8, 4) is 17.2 Å². The van der Waals surface area contributed by atoms with E-state index in [4.69, 9.17) is 14.2 Å². The van der Waals surface area contributed by atoms with Crippen molar-refractivity contribution in [2.75, 3.05) is 47.0 Å². The molecular weight excluding hydrogens is 340 g/mol. The van der Waals surface area contributed by atoms with E-state index in [0.717, 1.165) is 56.5 Å². The van der Waals surface area contributed by atoms with Gasteiger partial charge in [0.15, 0.2) is 11.5 Å². The van der Waals surface area contributed by atoms with E-state index < -0.39 is 0 Å². The molecule has 5 heteroatoms. The van der Waals surface area contributed by atoms with Crippen LogP contribution in [0.15, 0.2) is 42.5 Å². The maximum Gasteiger partial charge on any atom is 0.161 e. The third kappa shape index (κ3) is 5.37. The summed E-state index contributed by atoms with van der Waals surface area (Å²) in [6.45, 7) is 8.84. The Hall–Kier alpha value is -2.24. The van der Waals surface area contributed by atoms with Gasteiger partial charge >= 0.3 is 0 Å². The zero-order valence-electron chi connectivity index (χ0n) is 16.6. The quantitative estimate of drug-likeness (QED) is 0.711. The summed E-state index contributed by atoms with van der Waals surface area (Å²) in [6.07, 6.45) is 0. The molecule has 5 nitrogen and oxygen atoms in total. The van der Waals surface area contributed by atoms with Crippen molar-refractivity contribution < 1.29 is 14.2 Å². The standard InChI is InChI=1S/C22H30N2O3/c1-4-27-22-15-19(8-9-21(22)26-3)17-24-12-10-23(11-13-24)16-18-6-5-7-20(14-18)25-2/h5-9,14-15H,4,10-13,16-17H2,1-3H3. The SMILES string of the molecule is CCOc1cc(CN2CCN(Cc3cccc(OC)c3)CC2)ccc1OC. The van der Waals surface area contributed by atoms with Crippen molar-refractivity contribution >= 4 is 0 Å². The van der Waals surface area contributed by atoms with Gasteiger partial charge in [-0.15, -0.1) is 0 Å². The van der Waals surface area contributed by atoms with Crippen LogP contribution in [0.5, 0.6) is 17.2 Å². The van der Waals surface area contributed by atoms with E-state index in [9.17, 15) is 0 Å². The summed E-state index contributed by atoms with van der Waals surface area (Å²) < 4.78 is 16.4. The third-order valence-electron chi connectivity index (χ3n) is 4.94. The van der Waals surface area contributed by atoms with Gasteiger partial charge in [0.25, 0.3) is 0 Å². The molecule has 1 aliphatic rings. The highest BCUT2D eigenvalue weighted by Crippen LogP contribution is 2.28. The van der Waals surface area contributed by atoms with E-state index in [1.165, 1.54) is 11.1 Å². The predicted octanol–water partition coefficient (Wildman–Crippen LogP) is 3.42. The van der Waals surface area contributed by atoms with Crippen LogP contribution in [0, 0.1) is 0 Å². The molecule has 146 valence electrons. The van der Waals surface area contributed by atoms with E-state index in [1.807, 2.05) is 19.1 Å². The molecule has 0 aromatic heterocycles. The first-order chi connectivity index (χ1) is 13.2. The fourth-order valence-corrected chi connectivity index (χ4v) is 3.48. The van der Waals surface area contributed by atoms with Crippen molar-refractivity contribution in [3.05, 3.63) is 53.6 Å². The summed E-state index contributed by atoms with van der Waals surface area (Å²) in [7, 11) is 3.40. The van der Waals surface area contributed by atoms with Gasteiger partial charge in [0, 0.05) is 39.3 Å². The Morgan fingerprint density at radius 3 is 2.04 bits per heavy atom. The zero-order chi connectivity index (χ0) is 19.1. The number of benzene rings is 2. The molecule has 1 saturated heterocycles. The van der Waals surface area contributed by atoms with Crippen molar-refractivity contribution in [1.82, 2.24) is 9.80 Å². The van der Waals surface area contributed by atoms with E-state index in [0.29, 0.717) is 6.61 Å². The first-order valence-electron chi connectivity index (χ1n) is 9.59. The highest BCUT2D eigenvalue weighted by molar-refractivity contribution is 5.43. The zero-order valence-corrected chi connectivity index (χ0v) is 16.6. The molecule has 2 aromatic carbocycles. The van der Waals surface area contributed by atoms with Crippen LogP contribution in [0.25, 0.3) is 0 Å². The van der Waals surface area contributed by atoms with E-state index in [1.54, 1.807) is 14.2 Å². The van der Waals surface area contributed by atoms with Crippen molar-refractivity contribution in [1.29, 1.82) is 0 Å². The number of rotatable bonds is 8. The van der Waals surface area contributed by atoms with Gasteiger partial charge < -0.3 is 14.2 Å². The van der Waals surface area contributed by atoms with Gasteiger partial charge in [0.1, 0.15) is 5.75 Å². The van der Waals surface area contributed by atoms with Gasteiger partial charge in [0.2, 0.25) is 0 Å². The summed E-state index contributed by atoms with van der Waals surface area (Å²) in [5.41, 5.74) is 2.57. The number of nitrogens with zero attached hydrogens (tertiary/aromatic N) is 2. The molecule has 0 spiro atoms. The highest BCUT2D eigenvalue weighted by Gasteiger charge is 2.18. The number of piperazine rings is 1. The number of hydrogen-bond acceptors (Lipinski definition) is 5. The Kier molecular flexibility index (Phi) is 6.96. The van der Waals surface area contributed by atoms with Crippen LogP contribution in [0.2, 0.25) is 0 Å². The molecule has 1 aliphatic heterocycles. The first kappa shape index (κ1) is 19.5. The fourth-order valence-electron chi connectivity index (χ4n) is 3.48. The second-order valence-corrected chi connectivity index (χ2v) is 6.82. The van der Waals surface area contributed by atoms with Crippen LogP contribution in [0.4, 0.5) is 0 Å². The predicted molar refractivity (Wildman–Crippen MR) is 108 cm³/mol. The Labute approximate surface area is 162 Å². The average Bonchev–Trinajstić information content (AvgIpc) is 2.70. The van der Waals surface area contributed by atoms with Crippen molar-refractivity contribution in [2.45, 2.75) is 20.0 Å². The van der Waals surface area contributed by atoms with E-state index in [2.05, 4.69) is 40.1 Å². The molecule has 0 radical (unpaired) electrons. The smallest absolute Gasteiger partial charge is 0.161 e. The normalized spacial score (nSPS) is 15.5. The molecule has 1 fully saturated rings. The summed E-state index contributed by atoms with van der Waals surface area (Å²) >= 11 is 0. The lowest BCUT2D eigenvalue weighted by Crippen LogP contribution is -2.45. The molecule has 27 heavy (non-hydrogen) atoms. The molecule has 0 bridgehead atoms. The molecule has 0 unspecified atom stereocenters. The average molecular weight is 370 g/mol. The molecule has 3 rings (SSSR count). The maximum atomic E-state index is 5.70. The lowest BCUT2D eigenvalue weighted by Gasteiger charge is -2.34. The van der Waals surface area contributed by atoms with Gasteiger partial charge in [0.05, 0.1) is 20.8 Å². The minimum atomic E-state index is 0.642. The van der Waals surface area contributed by atoms with Gasteiger partial charge in [-0.25, -0.2) is 0 Å². The summed E-state index contributed by atoms with van der Waals surface area (Å²) in [4.78, 5) is 5.00. The molecule has 0 N–H and O–H groups in total. The lowest BCUT2D eigenvalue weighted by molar-refractivity contribution is 0.122. The molecule has 0 amide bonds. The fraction of sp³-hybridized carbons (Fsp3) is 0.455. The Morgan fingerprint density at radius 1 is 0.778 bits per heavy atom. The summed E-state index contributed by atoms with van der Waals surface area (Å²) in [5, 5.41) is 0. The van der Waals surface area contributed by atoms with Crippen LogP contribution in [-0.4, -0.2) is 56.8 Å². The second-order valence-electron chi connectivity index (χ2n) is 6.82. The molecular formula is C22H30N2O3. The van der Waals surface area contributed by atoms with Crippen molar-refractivity contribution in [2.24, 2.45) is 0 Å². The molecule has 2 aromatic rings. The monoisotopic (exact) mass is 370 g/mol. The third-order valence-corrected chi connectivity index (χ3v) is 4.94. The van der Waals surface area contributed by atoms with E-state index in [-0.39, 0.29) is 0 Å². The Bertz CT molecular complexity index is 727. The molecule has 0 aliphatic carbocycles. The summed E-state index contributed by atoms with van der Waals surface area (Å²) in [6, 6.07) is 14.6. The van der Waals surface area contributed by atoms with Crippen LogP contribution in [-0.2, 0) is 13.1 Å². The Morgan fingerprint density at radius 2 is 1.44 bits per heavy atom. The van der Waals surface area contributed by atoms with Gasteiger partial charge in [-0.3, -0.25) is 9.80 Å². The number of methoxy groups -OCH3 is 2. The summed E-state index contributed by atoms with van der Waals surface area (Å²) in [5.74, 6) is 2.55. The lowest BCUT2D eigenvalue weighted by atomic mass is 10.1. The van der Waals surface area contributed by atoms with Crippen LogP contribution in [0.3, 0.4) is 0 Å². The minimum Gasteiger partial charge on any atom is -0.497 e. The minimum absolute atomic E-state index is 0.642. The molecule has 1 heterocycles. The van der Waals surface area contributed by atoms with Crippen LogP contribution in [0.1, 0.15) is 18.1 Å². The van der Waals surface area contributed by atoms with Crippen LogP contribution < -0.4 is 14.2 Å². The molecule has 0 atom stereocenters. The number of hydrogen-bond donors (Lipinski definition) is 0. The maximum absolute atomic E-state index is 5.70. The topological polar surface area (TPSA) is 34.2 Å². The van der Waals surface area contributed by atoms with Gasteiger partial charge in [-0.1, -0.05) is 18.2 Å². The second kappa shape index (κ2) is 9.62. The van der Waals surface area contributed by atoms with Crippen molar-refractivity contribution in [3.63, 3.8) is 0 Å². The number of ether oxygens (including phenoxy) is 3. The van der Waals surface area contributed by atoms with Gasteiger partial charge in [-0.2, -0.15) is 0 Å². The van der Waals surface area contributed by atoms with E-state index >= 15 is 0 Å². The van der Waals surface area contributed by atoms with Crippen LogP contribution >= 0.6 is 0 Å². The Balaban J connectivity index is 1.52. The highest BCUT2D eigenvalue weighted by atomic mass is 16.5. The first-order valence-corrected chi connectivity index (χ1v) is 9.59. The molecule has 0 saturated carbocycles. The van der Waals surface area contributed by atoms with Gasteiger partial charge in [-0.05, 0) is 42.3 Å².